The van der Waals surface area contributed by atoms with Crippen LogP contribution in [0.2, 0.25) is 0 Å². The number of aryl methyl sites for hydroxylation is 2. The van der Waals surface area contributed by atoms with Crippen molar-refractivity contribution in [2.24, 2.45) is 0 Å². The molecule has 0 aromatic heterocycles. The van der Waals surface area contributed by atoms with Crippen LogP contribution in [0.3, 0.4) is 0 Å². The first-order valence-corrected chi connectivity index (χ1v) is 14.3. The topological polar surface area (TPSA) is 127 Å². The molecule has 0 unspecified atom stereocenters. The molecule has 0 bridgehead atoms. The van der Waals surface area contributed by atoms with E-state index in [1.165, 1.54) is 0 Å². The highest BCUT2D eigenvalue weighted by molar-refractivity contribution is 6.00. The van der Waals surface area contributed by atoms with Crippen LogP contribution in [-0.2, 0) is 28.9 Å². The molecule has 0 saturated carbocycles. The molecule has 8 nitrogen and oxygen atoms in total. The number of ketones is 2. The van der Waals surface area contributed by atoms with Crippen molar-refractivity contribution < 1.29 is 38.9 Å². The molecular weight excluding hydrogens is 512 g/mol. The normalized spacial score (nSPS) is 12.5. The number of hydrogen-bond acceptors (Lipinski definition) is 6. The van der Waals surface area contributed by atoms with Crippen LogP contribution in [-0.4, -0.2) is 46.9 Å². The van der Waals surface area contributed by atoms with E-state index >= 15 is 0 Å². The fourth-order valence-corrected chi connectivity index (χ4v) is 5.01. The Balaban J connectivity index is 1.49. The molecule has 40 heavy (non-hydrogen) atoms. The number of benzene rings is 2. The van der Waals surface area contributed by atoms with E-state index in [0.29, 0.717) is 42.9 Å². The SMILES string of the molecule is CCCc1c(OCCCCCCc2ccc(C(=O)CCCC(=O)O)cc2CCC(=O)O)ccc2c1OCCC2=O. The molecule has 0 amide bonds. The van der Waals surface area contributed by atoms with Crippen LogP contribution in [0.5, 0.6) is 11.5 Å². The average molecular weight is 553 g/mol. The monoisotopic (exact) mass is 552 g/mol. The van der Waals surface area contributed by atoms with Gasteiger partial charge in [-0.3, -0.25) is 19.2 Å². The third kappa shape index (κ3) is 9.21. The summed E-state index contributed by atoms with van der Waals surface area (Å²) in [6, 6.07) is 9.14. The third-order valence-electron chi connectivity index (χ3n) is 7.12. The zero-order chi connectivity index (χ0) is 28.9. The van der Waals surface area contributed by atoms with E-state index in [1.807, 2.05) is 18.2 Å². The molecule has 1 aliphatic rings. The first kappa shape index (κ1) is 30.9. The van der Waals surface area contributed by atoms with Crippen molar-refractivity contribution in [1.82, 2.24) is 0 Å². The predicted octanol–water partition coefficient (Wildman–Crippen LogP) is 6.24. The van der Waals surface area contributed by atoms with Gasteiger partial charge in [0, 0.05) is 36.8 Å². The maximum absolute atomic E-state index is 12.5. The summed E-state index contributed by atoms with van der Waals surface area (Å²) in [5.74, 6) is -0.345. The Bertz CT molecular complexity index is 1200. The number of ether oxygens (including phenoxy) is 2. The van der Waals surface area contributed by atoms with E-state index in [1.54, 1.807) is 12.1 Å². The Morgan fingerprint density at radius 2 is 1.62 bits per heavy atom. The molecule has 0 spiro atoms. The summed E-state index contributed by atoms with van der Waals surface area (Å²) in [7, 11) is 0. The van der Waals surface area contributed by atoms with Crippen LogP contribution in [0.25, 0.3) is 0 Å². The summed E-state index contributed by atoms with van der Waals surface area (Å²) < 4.78 is 11.9. The summed E-state index contributed by atoms with van der Waals surface area (Å²) in [6.45, 7) is 3.08. The lowest BCUT2D eigenvalue weighted by atomic mass is 9.93. The van der Waals surface area contributed by atoms with Crippen molar-refractivity contribution in [2.45, 2.75) is 90.4 Å². The van der Waals surface area contributed by atoms with Gasteiger partial charge in [-0.2, -0.15) is 0 Å². The minimum absolute atomic E-state index is 0.0110. The van der Waals surface area contributed by atoms with Gasteiger partial charge in [-0.25, -0.2) is 0 Å². The standard InChI is InChI=1S/C32H40O8/c1-2-8-26-29(16-15-25-28(34)18-20-40-32(25)26)39-19-6-4-3-5-9-22-12-13-24(21-23(22)14-17-31(37)38)27(33)10-7-11-30(35)36/h12-13,15-16,21H,2-11,14,17-20H2,1H3,(H,35,36)(H,37,38). The first-order chi connectivity index (χ1) is 19.3. The molecule has 216 valence electrons. The third-order valence-corrected chi connectivity index (χ3v) is 7.12. The molecule has 2 aromatic carbocycles. The number of fused-ring (bicyclic) bond motifs is 1. The Morgan fingerprint density at radius 3 is 2.38 bits per heavy atom. The fraction of sp³-hybridized carbons (Fsp3) is 0.500. The van der Waals surface area contributed by atoms with Gasteiger partial charge < -0.3 is 19.7 Å². The van der Waals surface area contributed by atoms with Gasteiger partial charge in [0.1, 0.15) is 11.5 Å². The number of aliphatic carboxylic acids is 2. The zero-order valence-electron chi connectivity index (χ0n) is 23.3. The molecule has 2 aromatic rings. The largest absolute Gasteiger partial charge is 0.493 e. The molecular formula is C32H40O8. The summed E-state index contributed by atoms with van der Waals surface area (Å²) in [5.41, 5.74) is 4.05. The summed E-state index contributed by atoms with van der Waals surface area (Å²) in [5, 5.41) is 17.9. The van der Waals surface area contributed by atoms with E-state index in [4.69, 9.17) is 19.7 Å². The van der Waals surface area contributed by atoms with Crippen LogP contribution in [0.4, 0.5) is 0 Å². The van der Waals surface area contributed by atoms with Gasteiger partial charge in [0.25, 0.3) is 0 Å². The van der Waals surface area contributed by atoms with Gasteiger partial charge in [-0.1, -0.05) is 38.3 Å². The van der Waals surface area contributed by atoms with Gasteiger partial charge in [0.2, 0.25) is 0 Å². The van der Waals surface area contributed by atoms with E-state index in [2.05, 4.69) is 6.92 Å². The zero-order valence-corrected chi connectivity index (χ0v) is 23.3. The average Bonchev–Trinajstić information content (AvgIpc) is 2.92. The quantitative estimate of drug-likeness (QED) is 0.164. The number of rotatable bonds is 18. The van der Waals surface area contributed by atoms with E-state index < -0.39 is 11.9 Å². The van der Waals surface area contributed by atoms with Gasteiger partial charge in [0.15, 0.2) is 11.6 Å². The maximum atomic E-state index is 12.5. The minimum atomic E-state index is -0.927. The Labute approximate surface area is 235 Å². The minimum Gasteiger partial charge on any atom is -0.493 e. The lowest BCUT2D eigenvalue weighted by molar-refractivity contribution is -0.138. The number of carboxylic acids is 2. The molecule has 3 rings (SSSR count). The molecule has 2 N–H and O–H groups in total. The molecule has 0 fully saturated rings. The number of unbranched alkanes of at least 4 members (excludes halogenated alkanes) is 3. The van der Waals surface area contributed by atoms with Gasteiger partial charge >= 0.3 is 11.9 Å². The highest BCUT2D eigenvalue weighted by Crippen LogP contribution is 2.36. The molecule has 8 heteroatoms. The van der Waals surface area contributed by atoms with Crippen LogP contribution in [0.15, 0.2) is 30.3 Å². The number of carboxylic acid groups (broad SMARTS) is 2. The molecule has 1 heterocycles. The van der Waals surface area contributed by atoms with E-state index in [-0.39, 0.29) is 37.2 Å². The van der Waals surface area contributed by atoms with Crippen LogP contribution in [0, 0.1) is 0 Å². The van der Waals surface area contributed by atoms with Crippen LogP contribution >= 0.6 is 0 Å². The van der Waals surface area contributed by atoms with E-state index in [9.17, 15) is 19.2 Å². The Morgan fingerprint density at radius 1 is 0.850 bits per heavy atom. The van der Waals surface area contributed by atoms with Crippen molar-refractivity contribution >= 4 is 23.5 Å². The number of carbonyl (C=O) groups is 4. The van der Waals surface area contributed by atoms with Crippen molar-refractivity contribution in [3.63, 3.8) is 0 Å². The second-order valence-corrected chi connectivity index (χ2v) is 10.3. The first-order valence-electron chi connectivity index (χ1n) is 14.3. The Hall–Kier alpha value is -3.68. The number of Topliss-reactive ketones (excluding diaryl/α,β-unsaturated/α-hetero) is 2. The fourth-order valence-electron chi connectivity index (χ4n) is 5.01. The van der Waals surface area contributed by atoms with Crippen molar-refractivity contribution in [3.05, 3.63) is 58.1 Å². The number of hydrogen-bond donors (Lipinski definition) is 2. The molecule has 0 saturated heterocycles. The molecule has 0 radical (unpaired) electrons. The van der Waals surface area contributed by atoms with Crippen molar-refractivity contribution in [3.8, 4) is 11.5 Å². The lowest BCUT2D eigenvalue weighted by Gasteiger charge is -2.22. The number of carbonyl (C=O) groups excluding carboxylic acids is 2. The molecule has 0 atom stereocenters. The summed E-state index contributed by atoms with van der Waals surface area (Å²) >= 11 is 0. The highest BCUT2D eigenvalue weighted by Gasteiger charge is 2.23. The summed E-state index contributed by atoms with van der Waals surface area (Å²) in [6.07, 6.45) is 7.44. The van der Waals surface area contributed by atoms with Crippen LogP contribution < -0.4 is 9.47 Å². The smallest absolute Gasteiger partial charge is 0.303 e. The lowest BCUT2D eigenvalue weighted by Crippen LogP contribution is -2.17. The predicted molar refractivity (Wildman–Crippen MR) is 151 cm³/mol. The molecule has 1 aliphatic heterocycles. The van der Waals surface area contributed by atoms with Crippen molar-refractivity contribution in [1.29, 1.82) is 0 Å². The van der Waals surface area contributed by atoms with Crippen molar-refractivity contribution in [2.75, 3.05) is 13.2 Å². The maximum Gasteiger partial charge on any atom is 0.303 e. The van der Waals surface area contributed by atoms with Gasteiger partial charge in [-0.15, -0.1) is 0 Å². The second-order valence-electron chi connectivity index (χ2n) is 10.3. The van der Waals surface area contributed by atoms with Crippen LogP contribution in [0.1, 0.15) is 109 Å². The summed E-state index contributed by atoms with van der Waals surface area (Å²) in [4.78, 5) is 46.6. The second kappa shape index (κ2) is 15.8. The Kier molecular flexibility index (Phi) is 12.2. The molecule has 0 aliphatic carbocycles. The van der Waals surface area contributed by atoms with Gasteiger partial charge in [0.05, 0.1) is 18.8 Å². The highest BCUT2D eigenvalue weighted by atomic mass is 16.5. The van der Waals surface area contributed by atoms with E-state index in [0.717, 1.165) is 67.4 Å². The van der Waals surface area contributed by atoms with Gasteiger partial charge in [-0.05, 0) is 67.9 Å².